The molecule has 3 rings (SSSR count). The number of ether oxygens (including phenoxy) is 1. The minimum absolute atomic E-state index is 0.0399. The summed E-state index contributed by atoms with van der Waals surface area (Å²) in [5.74, 6) is -0.249. The average molecular weight is 484 g/mol. The largest absolute Gasteiger partial charge is 0.462 e. The lowest BCUT2D eigenvalue weighted by molar-refractivity contribution is -0.129. The molecule has 2 heterocycles. The Morgan fingerprint density at radius 2 is 1.91 bits per heavy atom. The number of esters is 1. The molecule has 32 heavy (non-hydrogen) atoms. The standard InChI is InChI=1S/C23H34ClN3O4S/c1-4-31-21(29)17-15-7-5-6-8-16(15)32-20(17)27-22(30)26-18(14-9-11-25-12-10-14)19(28)23(2,3)13-24/h14,18,25H,4-13H2,1-3H3,(H2,26,27,30). The summed E-state index contributed by atoms with van der Waals surface area (Å²) in [5.41, 5.74) is 0.708. The number of carbonyl (C=O) groups excluding carboxylic acids is 3. The van der Waals surface area contributed by atoms with Crippen molar-refractivity contribution in [2.75, 3.05) is 30.9 Å². The van der Waals surface area contributed by atoms with Gasteiger partial charge in [0.1, 0.15) is 5.00 Å². The Morgan fingerprint density at radius 3 is 2.56 bits per heavy atom. The minimum atomic E-state index is -0.748. The van der Waals surface area contributed by atoms with Crippen LogP contribution in [0.1, 0.15) is 67.3 Å². The molecule has 1 aliphatic carbocycles. The number of rotatable bonds is 8. The molecular weight excluding hydrogens is 450 g/mol. The van der Waals surface area contributed by atoms with Gasteiger partial charge in [0.2, 0.25) is 0 Å². The number of aryl methyl sites for hydroxylation is 1. The summed E-state index contributed by atoms with van der Waals surface area (Å²) in [6.45, 7) is 7.27. The Bertz CT molecular complexity index is 849. The predicted molar refractivity (Wildman–Crippen MR) is 128 cm³/mol. The highest BCUT2D eigenvalue weighted by Gasteiger charge is 2.39. The average Bonchev–Trinajstić information content (AvgIpc) is 3.15. The number of urea groups is 1. The number of halogens is 1. The SMILES string of the molecule is CCOC(=O)c1c(NC(=O)NC(C(=O)C(C)(C)CCl)C2CCNCC2)sc2c1CCCC2. The molecule has 1 fully saturated rings. The zero-order valence-corrected chi connectivity index (χ0v) is 20.7. The fourth-order valence-corrected chi connectivity index (χ4v) is 5.82. The molecule has 2 amide bonds. The van der Waals surface area contributed by atoms with Crippen molar-refractivity contribution in [1.82, 2.24) is 10.6 Å². The molecule has 0 saturated carbocycles. The number of anilines is 1. The number of fused-ring (bicyclic) bond motifs is 1. The monoisotopic (exact) mass is 483 g/mol. The number of amides is 2. The smallest absolute Gasteiger partial charge is 0.341 e. The van der Waals surface area contributed by atoms with E-state index in [-0.39, 0.29) is 24.2 Å². The Labute approximate surface area is 199 Å². The van der Waals surface area contributed by atoms with E-state index < -0.39 is 23.5 Å². The van der Waals surface area contributed by atoms with Gasteiger partial charge in [-0.25, -0.2) is 9.59 Å². The number of nitrogens with one attached hydrogen (secondary N) is 3. The molecule has 178 valence electrons. The molecule has 0 spiro atoms. The molecule has 3 N–H and O–H groups in total. The second kappa shape index (κ2) is 11.0. The fraction of sp³-hybridized carbons (Fsp3) is 0.696. The van der Waals surface area contributed by atoms with Gasteiger partial charge in [-0.3, -0.25) is 10.1 Å². The maximum absolute atomic E-state index is 13.3. The highest BCUT2D eigenvalue weighted by molar-refractivity contribution is 7.17. The van der Waals surface area contributed by atoms with Crippen LogP contribution in [0.2, 0.25) is 0 Å². The van der Waals surface area contributed by atoms with Gasteiger partial charge in [-0.15, -0.1) is 22.9 Å². The third-order valence-corrected chi connectivity index (χ3v) is 8.18. The minimum Gasteiger partial charge on any atom is -0.462 e. The number of thiophene rings is 1. The van der Waals surface area contributed by atoms with E-state index in [0.29, 0.717) is 10.6 Å². The van der Waals surface area contributed by atoms with Gasteiger partial charge in [-0.05, 0) is 70.0 Å². The maximum Gasteiger partial charge on any atom is 0.341 e. The first-order valence-electron chi connectivity index (χ1n) is 11.5. The number of piperidine rings is 1. The fourth-order valence-electron chi connectivity index (χ4n) is 4.42. The van der Waals surface area contributed by atoms with E-state index in [9.17, 15) is 14.4 Å². The first-order valence-corrected chi connectivity index (χ1v) is 12.8. The molecule has 1 unspecified atom stereocenters. The van der Waals surface area contributed by atoms with Crippen molar-refractivity contribution >= 4 is 45.7 Å². The van der Waals surface area contributed by atoms with Gasteiger partial charge in [0.25, 0.3) is 0 Å². The predicted octanol–water partition coefficient (Wildman–Crippen LogP) is 4.13. The lowest BCUT2D eigenvalue weighted by atomic mass is 9.78. The number of Topliss-reactive ketones (excluding diaryl/α,β-unsaturated/α-hetero) is 1. The first-order chi connectivity index (χ1) is 15.3. The van der Waals surface area contributed by atoms with Crippen molar-refractivity contribution in [3.05, 3.63) is 16.0 Å². The third kappa shape index (κ3) is 5.64. The third-order valence-electron chi connectivity index (χ3n) is 6.30. The lowest BCUT2D eigenvalue weighted by Crippen LogP contribution is -2.54. The van der Waals surface area contributed by atoms with Crippen LogP contribution in [0.4, 0.5) is 9.80 Å². The molecule has 7 nitrogen and oxygen atoms in total. The molecule has 0 radical (unpaired) electrons. The number of alkyl halides is 1. The highest BCUT2D eigenvalue weighted by Crippen LogP contribution is 2.38. The van der Waals surface area contributed by atoms with Gasteiger partial charge in [0, 0.05) is 16.2 Å². The van der Waals surface area contributed by atoms with Crippen LogP contribution in [-0.4, -0.2) is 49.4 Å². The van der Waals surface area contributed by atoms with E-state index in [4.69, 9.17) is 16.3 Å². The van der Waals surface area contributed by atoms with Gasteiger partial charge >= 0.3 is 12.0 Å². The zero-order chi connectivity index (χ0) is 23.3. The van der Waals surface area contributed by atoms with Gasteiger partial charge < -0.3 is 15.4 Å². The molecule has 0 bridgehead atoms. The van der Waals surface area contributed by atoms with Crippen molar-refractivity contribution in [3.8, 4) is 0 Å². The molecule has 1 aromatic rings. The Balaban J connectivity index is 1.82. The lowest BCUT2D eigenvalue weighted by Gasteiger charge is -2.34. The Hall–Kier alpha value is -1.64. The summed E-state index contributed by atoms with van der Waals surface area (Å²) in [6, 6.07) is -1.11. The van der Waals surface area contributed by atoms with Crippen molar-refractivity contribution < 1.29 is 19.1 Å². The van der Waals surface area contributed by atoms with Crippen molar-refractivity contribution in [3.63, 3.8) is 0 Å². The second-order valence-electron chi connectivity index (χ2n) is 9.18. The van der Waals surface area contributed by atoms with Crippen LogP contribution in [0, 0.1) is 11.3 Å². The van der Waals surface area contributed by atoms with Gasteiger partial charge in [0.15, 0.2) is 5.78 Å². The van der Waals surface area contributed by atoms with Crippen molar-refractivity contribution in [2.45, 2.75) is 65.3 Å². The van der Waals surface area contributed by atoms with E-state index in [1.54, 1.807) is 6.92 Å². The van der Waals surface area contributed by atoms with E-state index in [0.717, 1.165) is 62.1 Å². The number of carbonyl (C=O) groups is 3. The normalized spacial score (nSPS) is 17.9. The van der Waals surface area contributed by atoms with Crippen LogP contribution in [0.15, 0.2) is 0 Å². The first kappa shape index (κ1) is 25.0. The van der Waals surface area contributed by atoms with E-state index in [1.165, 1.54) is 11.3 Å². The van der Waals surface area contributed by atoms with Crippen LogP contribution in [0.5, 0.6) is 0 Å². The highest BCUT2D eigenvalue weighted by atomic mass is 35.5. The number of ketones is 1. The number of hydrogen-bond donors (Lipinski definition) is 3. The summed E-state index contributed by atoms with van der Waals surface area (Å²) >= 11 is 7.51. The molecule has 2 aliphatic rings. The van der Waals surface area contributed by atoms with Gasteiger partial charge in [-0.1, -0.05) is 13.8 Å². The van der Waals surface area contributed by atoms with Crippen molar-refractivity contribution in [1.29, 1.82) is 0 Å². The molecule has 1 aromatic heterocycles. The summed E-state index contributed by atoms with van der Waals surface area (Å²) in [7, 11) is 0. The summed E-state index contributed by atoms with van der Waals surface area (Å²) in [4.78, 5) is 40.1. The molecule has 9 heteroatoms. The zero-order valence-electron chi connectivity index (χ0n) is 19.1. The van der Waals surface area contributed by atoms with Crippen LogP contribution < -0.4 is 16.0 Å². The Kier molecular flexibility index (Phi) is 8.58. The summed E-state index contributed by atoms with van der Waals surface area (Å²) < 4.78 is 5.27. The number of hydrogen-bond acceptors (Lipinski definition) is 6. The Morgan fingerprint density at radius 1 is 1.22 bits per heavy atom. The quantitative estimate of drug-likeness (QED) is 0.381. The van der Waals surface area contributed by atoms with Gasteiger partial charge in [-0.2, -0.15) is 0 Å². The van der Waals surface area contributed by atoms with Gasteiger partial charge in [0.05, 0.1) is 18.2 Å². The molecule has 0 aromatic carbocycles. The van der Waals surface area contributed by atoms with Crippen molar-refractivity contribution in [2.24, 2.45) is 11.3 Å². The molecule has 1 aliphatic heterocycles. The summed E-state index contributed by atoms with van der Waals surface area (Å²) in [6.07, 6.45) is 5.40. The molecule has 1 atom stereocenters. The molecular formula is C23H34ClN3O4S. The summed E-state index contributed by atoms with van der Waals surface area (Å²) in [5, 5.41) is 9.59. The second-order valence-corrected chi connectivity index (χ2v) is 10.6. The van der Waals surface area contributed by atoms with E-state index >= 15 is 0 Å². The van der Waals surface area contributed by atoms with Crippen LogP contribution in [-0.2, 0) is 22.4 Å². The topological polar surface area (TPSA) is 96.5 Å². The van der Waals surface area contributed by atoms with Crippen LogP contribution in [0.25, 0.3) is 0 Å². The van der Waals surface area contributed by atoms with Crippen LogP contribution in [0.3, 0.4) is 0 Å². The molecule has 1 saturated heterocycles. The maximum atomic E-state index is 13.3. The van der Waals surface area contributed by atoms with E-state index in [2.05, 4.69) is 16.0 Å². The van der Waals surface area contributed by atoms with E-state index in [1.807, 2.05) is 13.8 Å². The van der Waals surface area contributed by atoms with Crippen LogP contribution >= 0.6 is 22.9 Å².